The lowest BCUT2D eigenvalue weighted by molar-refractivity contribution is -0.141. The van der Waals surface area contributed by atoms with Crippen LogP contribution in [0.5, 0.6) is 0 Å². The van der Waals surface area contributed by atoms with Crippen LogP contribution in [0, 0.1) is 5.92 Å². The van der Waals surface area contributed by atoms with Crippen LogP contribution in [0.4, 0.5) is 0 Å². The predicted octanol–water partition coefficient (Wildman–Crippen LogP) is 1.09. The summed E-state index contributed by atoms with van der Waals surface area (Å²) in [5, 5.41) is 11.9. The molecule has 0 aliphatic rings. The maximum absolute atomic E-state index is 11.9. The molecular formula is C9H13NO4S2. The lowest BCUT2D eigenvalue weighted by Gasteiger charge is -2.18. The molecule has 0 saturated heterocycles. The summed E-state index contributed by atoms with van der Waals surface area (Å²) < 4.78 is 24.8. The Morgan fingerprint density at radius 3 is 2.69 bits per heavy atom. The lowest BCUT2D eigenvalue weighted by Crippen LogP contribution is -2.33. The van der Waals surface area contributed by atoms with Crippen molar-refractivity contribution in [1.82, 2.24) is 4.31 Å². The fraction of sp³-hybridized carbons (Fsp3) is 0.444. The number of carboxylic acids is 1. The van der Waals surface area contributed by atoms with Crippen LogP contribution in [0.3, 0.4) is 0 Å². The van der Waals surface area contributed by atoms with E-state index in [9.17, 15) is 13.2 Å². The van der Waals surface area contributed by atoms with Crippen LogP contribution < -0.4 is 0 Å². The second-order valence-corrected chi connectivity index (χ2v) is 6.31. The number of aliphatic carboxylic acids is 1. The zero-order valence-electron chi connectivity index (χ0n) is 8.95. The van der Waals surface area contributed by atoms with Gasteiger partial charge in [0, 0.05) is 19.0 Å². The molecule has 7 heteroatoms. The summed E-state index contributed by atoms with van der Waals surface area (Å²) in [5.41, 5.74) is 0. The quantitative estimate of drug-likeness (QED) is 0.863. The van der Waals surface area contributed by atoms with Gasteiger partial charge in [-0.05, 0) is 11.4 Å². The number of thiophene rings is 1. The summed E-state index contributed by atoms with van der Waals surface area (Å²) >= 11 is 1.29. The van der Waals surface area contributed by atoms with Crippen LogP contribution in [0.15, 0.2) is 21.7 Å². The smallest absolute Gasteiger partial charge is 0.307 e. The average Bonchev–Trinajstić information content (AvgIpc) is 2.70. The molecule has 0 radical (unpaired) electrons. The molecule has 1 N–H and O–H groups in total. The third-order valence-corrected chi connectivity index (χ3v) is 4.81. The average molecular weight is 263 g/mol. The zero-order valence-corrected chi connectivity index (χ0v) is 10.6. The first kappa shape index (κ1) is 13.1. The number of rotatable bonds is 5. The summed E-state index contributed by atoms with van der Waals surface area (Å²) in [5.74, 6) is -1.73. The first-order valence-corrected chi connectivity index (χ1v) is 6.95. The highest BCUT2D eigenvalue weighted by Crippen LogP contribution is 2.18. The van der Waals surface area contributed by atoms with E-state index in [4.69, 9.17) is 5.11 Å². The van der Waals surface area contributed by atoms with Crippen molar-refractivity contribution in [3.8, 4) is 0 Å². The first-order valence-electron chi connectivity index (χ1n) is 4.57. The highest BCUT2D eigenvalue weighted by Gasteiger charge is 2.24. The van der Waals surface area contributed by atoms with E-state index in [-0.39, 0.29) is 11.4 Å². The van der Waals surface area contributed by atoms with Crippen LogP contribution in [0.1, 0.15) is 6.92 Å². The largest absolute Gasteiger partial charge is 0.481 e. The van der Waals surface area contributed by atoms with E-state index in [1.165, 1.54) is 36.8 Å². The molecular weight excluding hydrogens is 250 g/mol. The van der Waals surface area contributed by atoms with E-state index in [0.717, 1.165) is 4.31 Å². The molecule has 1 rings (SSSR count). The number of nitrogens with zero attached hydrogens (tertiary/aromatic N) is 1. The number of hydrogen-bond donors (Lipinski definition) is 1. The summed E-state index contributed by atoms with van der Waals surface area (Å²) in [7, 11) is -2.16. The van der Waals surface area contributed by atoms with Gasteiger partial charge in [-0.25, -0.2) is 12.7 Å². The van der Waals surface area contributed by atoms with Crippen LogP contribution >= 0.6 is 11.3 Å². The maximum atomic E-state index is 11.9. The van der Waals surface area contributed by atoms with Crippen molar-refractivity contribution in [3.05, 3.63) is 16.8 Å². The van der Waals surface area contributed by atoms with E-state index in [0.29, 0.717) is 0 Å². The minimum absolute atomic E-state index is 0.0342. The van der Waals surface area contributed by atoms with Crippen molar-refractivity contribution in [2.24, 2.45) is 5.92 Å². The Morgan fingerprint density at radius 1 is 1.62 bits per heavy atom. The van der Waals surface area contributed by atoms with E-state index in [1.54, 1.807) is 5.38 Å². The van der Waals surface area contributed by atoms with Gasteiger partial charge in [-0.1, -0.05) is 6.92 Å². The van der Waals surface area contributed by atoms with Crippen molar-refractivity contribution in [2.45, 2.75) is 11.8 Å². The minimum Gasteiger partial charge on any atom is -0.481 e. The monoisotopic (exact) mass is 263 g/mol. The molecule has 5 nitrogen and oxygen atoms in total. The zero-order chi connectivity index (χ0) is 12.3. The molecule has 0 aliphatic heterocycles. The molecule has 0 amide bonds. The third kappa shape index (κ3) is 2.81. The van der Waals surface area contributed by atoms with Crippen LogP contribution in [-0.4, -0.2) is 37.4 Å². The van der Waals surface area contributed by atoms with E-state index in [1.807, 2.05) is 0 Å². The molecule has 90 valence electrons. The van der Waals surface area contributed by atoms with Gasteiger partial charge in [0.15, 0.2) is 0 Å². The number of hydrogen-bond acceptors (Lipinski definition) is 4. The Morgan fingerprint density at radius 2 is 2.25 bits per heavy atom. The molecule has 0 aromatic carbocycles. The first-order chi connectivity index (χ1) is 7.35. The van der Waals surface area contributed by atoms with E-state index in [2.05, 4.69) is 0 Å². The van der Waals surface area contributed by atoms with Crippen molar-refractivity contribution < 1.29 is 18.3 Å². The van der Waals surface area contributed by atoms with Crippen molar-refractivity contribution in [1.29, 1.82) is 0 Å². The Labute approximate surface area is 98.4 Å². The van der Waals surface area contributed by atoms with Gasteiger partial charge in [-0.2, -0.15) is 11.3 Å². The lowest BCUT2D eigenvalue weighted by atomic mass is 10.2. The van der Waals surface area contributed by atoms with Gasteiger partial charge in [0.1, 0.15) is 0 Å². The van der Waals surface area contributed by atoms with Gasteiger partial charge < -0.3 is 5.11 Å². The Hall–Kier alpha value is -0.920. The Balaban J connectivity index is 2.82. The molecule has 0 saturated carbocycles. The highest BCUT2D eigenvalue weighted by atomic mass is 32.2. The number of sulfonamides is 1. The summed E-state index contributed by atoms with van der Waals surface area (Å²) in [6.45, 7) is 1.44. The molecule has 1 aromatic heterocycles. The van der Waals surface area contributed by atoms with Crippen LogP contribution in [0.2, 0.25) is 0 Å². The normalized spacial score (nSPS) is 13.9. The SMILES string of the molecule is CC(CN(C)S(=O)(=O)c1ccsc1)C(=O)O. The molecule has 16 heavy (non-hydrogen) atoms. The van der Waals surface area contributed by atoms with Gasteiger partial charge in [0.2, 0.25) is 10.0 Å². The summed E-state index contributed by atoms with van der Waals surface area (Å²) in [4.78, 5) is 10.8. The minimum atomic E-state index is -3.54. The second-order valence-electron chi connectivity index (χ2n) is 3.48. The molecule has 0 bridgehead atoms. The fourth-order valence-electron chi connectivity index (χ4n) is 1.14. The molecule has 0 spiro atoms. The summed E-state index contributed by atoms with van der Waals surface area (Å²) in [6.07, 6.45) is 0. The Bertz CT molecular complexity index is 452. The number of carboxylic acid groups (broad SMARTS) is 1. The number of carbonyl (C=O) groups is 1. The second kappa shape index (κ2) is 4.94. The summed E-state index contributed by atoms with van der Waals surface area (Å²) in [6, 6.07) is 1.50. The fourth-order valence-corrected chi connectivity index (χ4v) is 3.42. The van der Waals surface area contributed by atoms with Crippen molar-refractivity contribution in [2.75, 3.05) is 13.6 Å². The molecule has 0 fully saturated rings. The molecule has 1 atom stereocenters. The topological polar surface area (TPSA) is 74.7 Å². The predicted molar refractivity (Wildman–Crippen MR) is 60.9 cm³/mol. The van der Waals surface area contributed by atoms with E-state index < -0.39 is 21.9 Å². The third-order valence-electron chi connectivity index (χ3n) is 2.16. The standard InChI is InChI=1S/C9H13NO4S2/c1-7(9(11)12)5-10(2)16(13,14)8-3-4-15-6-8/h3-4,6-7H,5H2,1-2H3,(H,11,12). The maximum Gasteiger partial charge on any atom is 0.307 e. The van der Waals surface area contributed by atoms with Gasteiger partial charge >= 0.3 is 5.97 Å². The van der Waals surface area contributed by atoms with Crippen molar-refractivity contribution >= 4 is 27.3 Å². The van der Waals surface area contributed by atoms with Crippen molar-refractivity contribution in [3.63, 3.8) is 0 Å². The van der Waals surface area contributed by atoms with Gasteiger partial charge in [-0.15, -0.1) is 0 Å². The van der Waals surface area contributed by atoms with Crippen LogP contribution in [0.25, 0.3) is 0 Å². The van der Waals surface area contributed by atoms with E-state index >= 15 is 0 Å². The Kier molecular flexibility index (Phi) is 4.06. The highest BCUT2D eigenvalue weighted by molar-refractivity contribution is 7.89. The molecule has 0 aliphatic carbocycles. The molecule has 1 unspecified atom stereocenters. The van der Waals surface area contributed by atoms with Crippen LogP contribution in [-0.2, 0) is 14.8 Å². The van der Waals surface area contributed by atoms with Gasteiger partial charge in [0.25, 0.3) is 0 Å². The van der Waals surface area contributed by atoms with Gasteiger partial charge in [0.05, 0.1) is 10.8 Å². The molecule has 1 heterocycles. The van der Waals surface area contributed by atoms with Gasteiger partial charge in [-0.3, -0.25) is 4.79 Å². The molecule has 1 aromatic rings.